The first kappa shape index (κ1) is 27.9. The number of carbonyl (C=O) groups excluding carboxylic acids is 3. The van der Waals surface area contributed by atoms with Crippen LogP contribution in [0.2, 0.25) is 0 Å². The predicted octanol–water partition coefficient (Wildman–Crippen LogP) is 6.55. The normalized spacial score (nSPS) is 18.1. The third kappa shape index (κ3) is 5.01. The molecular weight excluding hydrogens is 578 g/mol. The van der Waals surface area contributed by atoms with E-state index in [1.165, 1.54) is 4.57 Å². The number of nitrogens with one attached hydrogen (secondary N) is 1. The maximum Gasteiger partial charge on any atom is 0.419 e. The second-order valence-electron chi connectivity index (χ2n) is 12.0. The van der Waals surface area contributed by atoms with Crippen molar-refractivity contribution in [2.45, 2.75) is 64.8 Å². The number of aromatic nitrogens is 2. The molecule has 40 heavy (non-hydrogen) atoms. The van der Waals surface area contributed by atoms with Crippen LogP contribution < -0.4 is 0 Å². The van der Waals surface area contributed by atoms with Crippen LogP contribution in [0, 0.1) is 0 Å². The maximum absolute atomic E-state index is 14.3. The van der Waals surface area contributed by atoms with Crippen molar-refractivity contribution in [2.24, 2.45) is 0 Å². The molecule has 10 heteroatoms. The summed E-state index contributed by atoms with van der Waals surface area (Å²) < 4.78 is 13.3. The molecule has 0 unspecified atom stereocenters. The minimum atomic E-state index is -1.21. The van der Waals surface area contributed by atoms with E-state index in [1.54, 1.807) is 72.0 Å². The number of carbonyl (C=O) groups is 3. The van der Waals surface area contributed by atoms with E-state index in [0.29, 0.717) is 16.5 Å². The van der Waals surface area contributed by atoms with Gasteiger partial charge in [-0.25, -0.2) is 19.1 Å². The fraction of sp³-hybridized carbons (Fsp3) is 0.367. The van der Waals surface area contributed by atoms with Gasteiger partial charge in [-0.05, 0) is 71.4 Å². The summed E-state index contributed by atoms with van der Waals surface area (Å²) in [5, 5.41) is 13.2. The Morgan fingerprint density at radius 3 is 2.30 bits per heavy atom. The number of imide groups is 1. The molecule has 1 aliphatic heterocycles. The number of nitrogens with zero attached hydrogens (tertiary/aromatic N) is 2. The molecule has 3 heterocycles. The molecule has 4 aromatic rings. The Balaban J connectivity index is 1.83. The zero-order chi connectivity index (χ0) is 29.1. The lowest BCUT2D eigenvalue weighted by molar-refractivity contribution is 0.0148. The van der Waals surface area contributed by atoms with Crippen molar-refractivity contribution < 1.29 is 29.0 Å². The van der Waals surface area contributed by atoms with Gasteiger partial charge in [-0.1, -0.05) is 34.1 Å². The molecule has 0 saturated carbocycles. The van der Waals surface area contributed by atoms with E-state index in [0.717, 1.165) is 25.8 Å². The number of H-pyrrole nitrogens is 1. The number of aromatic amines is 1. The Morgan fingerprint density at radius 1 is 0.975 bits per heavy atom. The Bertz CT molecular complexity index is 1660. The van der Waals surface area contributed by atoms with E-state index in [4.69, 9.17) is 9.47 Å². The van der Waals surface area contributed by atoms with Crippen LogP contribution in [-0.2, 0) is 9.47 Å². The first-order chi connectivity index (χ1) is 18.7. The van der Waals surface area contributed by atoms with Gasteiger partial charge in [0.05, 0.1) is 18.2 Å². The molecule has 210 valence electrons. The molecule has 1 aliphatic rings. The number of hydrogen-bond acceptors (Lipinski definition) is 6. The molecule has 0 spiro atoms. The number of ether oxygens (including phenoxy) is 2. The summed E-state index contributed by atoms with van der Waals surface area (Å²) in [5.74, 6) is -1.53. The van der Waals surface area contributed by atoms with Gasteiger partial charge in [0.15, 0.2) is 0 Å². The van der Waals surface area contributed by atoms with Crippen molar-refractivity contribution in [1.29, 1.82) is 0 Å². The summed E-state index contributed by atoms with van der Waals surface area (Å²) in [6, 6.07) is 12.8. The van der Waals surface area contributed by atoms with Crippen LogP contribution in [0.25, 0.3) is 21.8 Å². The average Bonchev–Trinajstić information content (AvgIpc) is 3.37. The number of amides is 2. The monoisotopic (exact) mass is 609 g/mol. The molecule has 0 bridgehead atoms. The number of fused-ring (bicyclic) bond motifs is 4. The summed E-state index contributed by atoms with van der Waals surface area (Å²) in [6.45, 7) is 9.95. The first-order valence-electron chi connectivity index (χ1n) is 13.0. The van der Waals surface area contributed by atoms with E-state index in [-0.39, 0.29) is 12.2 Å². The van der Waals surface area contributed by atoms with Crippen LogP contribution in [0.1, 0.15) is 69.1 Å². The Hall–Kier alpha value is -3.63. The SMILES string of the molecule is CC(C)(C)OC(=O)N1C[C@@H](O)[C@H](c2c[nH]c3ccc(Br)cc23)c2c(n(C(=O)OC(C)(C)C)c3ccccc23)C1=O. The van der Waals surface area contributed by atoms with Gasteiger partial charge in [-0.3, -0.25) is 4.79 Å². The molecule has 0 fully saturated rings. The summed E-state index contributed by atoms with van der Waals surface area (Å²) in [4.78, 5) is 45.4. The van der Waals surface area contributed by atoms with Crippen molar-refractivity contribution in [3.05, 3.63) is 70.0 Å². The lowest BCUT2D eigenvalue weighted by atomic mass is 9.85. The van der Waals surface area contributed by atoms with Gasteiger partial charge < -0.3 is 19.6 Å². The van der Waals surface area contributed by atoms with E-state index < -0.39 is 41.3 Å². The number of benzene rings is 2. The molecule has 2 atom stereocenters. The number of rotatable bonds is 1. The van der Waals surface area contributed by atoms with Crippen molar-refractivity contribution in [3.63, 3.8) is 0 Å². The number of hydrogen-bond donors (Lipinski definition) is 2. The third-order valence-electron chi connectivity index (χ3n) is 6.63. The van der Waals surface area contributed by atoms with Gasteiger partial charge in [-0.15, -0.1) is 0 Å². The fourth-order valence-electron chi connectivity index (χ4n) is 5.19. The van der Waals surface area contributed by atoms with Gasteiger partial charge in [0.1, 0.15) is 16.9 Å². The highest BCUT2D eigenvalue weighted by atomic mass is 79.9. The van der Waals surface area contributed by atoms with Crippen molar-refractivity contribution >= 4 is 55.8 Å². The Labute approximate surface area is 240 Å². The second kappa shape index (κ2) is 9.78. The lowest BCUT2D eigenvalue weighted by Gasteiger charge is -2.27. The van der Waals surface area contributed by atoms with Gasteiger partial charge >= 0.3 is 12.2 Å². The number of aliphatic hydroxyl groups is 1. The number of para-hydroxylation sites is 1. The minimum Gasteiger partial charge on any atom is -0.443 e. The highest BCUT2D eigenvalue weighted by Crippen LogP contribution is 2.43. The molecule has 0 saturated heterocycles. The summed E-state index contributed by atoms with van der Waals surface area (Å²) in [5.41, 5.74) is 0.629. The standard InChI is InChI=1S/C30H32BrN3O6/c1-29(2,3)39-27(37)33-15-22(35)23(19-14-32-20-12-11-16(31)13-18(19)20)24-17-9-7-8-10-21(17)34(25(24)26(33)36)28(38)40-30(4,5)6/h7-14,22-23,32,35H,15H2,1-6H3/t22-,23+/m1/s1. The fourth-order valence-corrected chi connectivity index (χ4v) is 5.55. The van der Waals surface area contributed by atoms with Crippen LogP contribution in [0.15, 0.2) is 53.1 Å². The molecule has 0 aliphatic carbocycles. The van der Waals surface area contributed by atoms with Crippen LogP contribution in [-0.4, -0.2) is 61.5 Å². The zero-order valence-corrected chi connectivity index (χ0v) is 24.8. The van der Waals surface area contributed by atoms with E-state index in [9.17, 15) is 19.5 Å². The third-order valence-corrected chi connectivity index (χ3v) is 7.12. The molecule has 2 aromatic carbocycles. The first-order valence-corrected chi connectivity index (χ1v) is 13.8. The topological polar surface area (TPSA) is 114 Å². The quantitative estimate of drug-likeness (QED) is 0.253. The van der Waals surface area contributed by atoms with Gasteiger partial charge in [0, 0.05) is 38.4 Å². The summed E-state index contributed by atoms with van der Waals surface area (Å²) >= 11 is 3.53. The van der Waals surface area contributed by atoms with Crippen molar-refractivity contribution in [3.8, 4) is 0 Å². The van der Waals surface area contributed by atoms with Crippen molar-refractivity contribution in [1.82, 2.24) is 14.5 Å². The second-order valence-corrected chi connectivity index (χ2v) is 12.9. The molecule has 5 rings (SSSR count). The molecule has 2 amide bonds. The van der Waals surface area contributed by atoms with Crippen molar-refractivity contribution in [2.75, 3.05) is 6.54 Å². The number of β-amino-alcohol motifs (C(OH)–C–C–N with tert-alkyl or cyclic N) is 1. The Kier molecular flexibility index (Phi) is 6.82. The predicted molar refractivity (Wildman–Crippen MR) is 155 cm³/mol. The Morgan fingerprint density at radius 2 is 1.62 bits per heavy atom. The molecule has 9 nitrogen and oxygen atoms in total. The van der Waals surface area contributed by atoms with E-state index in [2.05, 4.69) is 20.9 Å². The summed E-state index contributed by atoms with van der Waals surface area (Å²) in [7, 11) is 0. The minimum absolute atomic E-state index is 0.0489. The lowest BCUT2D eigenvalue weighted by Crippen LogP contribution is -2.45. The van der Waals surface area contributed by atoms with Crippen LogP contribution in [0.3, 0.4) is 0 Å². The van der Waals surface area contributed by atoms with Gasteiger partial charge in [0.25, 0.3) is 5.91 Å². The number of halogens is 1. The summed E-state index contributed by atoms with van der Waals surface area (Å²) in [6.07, 6.45) is -1.10. The molecule has 2 N–H and O–H groups in total. The largest absolute Gasteiger partial charge is 0.443 e. The van der Waals surface area contributed by atoms with Crippen LogP contribution >= 0.6 is 15.9 Å². The average molecular weight is 611 g/mol. The van der Waals surface area contributed by atoms with Gasteiger partial charge in [-0.2, -0.15) is 0 Å². The highest BCUT2D eigenvalue weighted by molar-refractivity contribution is 9.10. The maximum atomic E-state index is 14.3. The van der Waals surface area contributed by atoms with Crippen LogP contribution in [0.5, 0.6) is 0 Å². The number of aliphatic hydroxyl groups excluding tert-OH is 1. The molecule has 0 radical (unpaired) electrons. The zero-order valence-electron chi connectivity index (χ0n) is 23.2. The highest BCUT2D eigenvalue weighted by Gasteiger charge is 2.44. The van der Waals surface area contributed by atoms with E-state index >= 15 is 0 Å². The van der Waals surface area contributed by atoms with E-state index in [1.807, 2.05) is 18.2 Å². The van der Waals surface area contributed by atoms with Gasteiger partial charge in [0.2, 0.25) is 0 Å². The molecule has 2 aromatic heterocycles. The molecular formula is C30H32BrN3O6. The smallest absolute Gasteiger partial charge is 0.419 e. The van der Waals surface area contributed by atoms with Crippen LogP contribution in [0.4, 0.5) is 9.59 Å².